The molecule has 9 atom stereocenters. The molecule has 4 aliphatic rings. The number of ether oxygens (including phenoxy) is 1. The number of fused-ring (bicyclic) bond motifs is 5. The standard InChI is InChI=1S/C23H38O3/c1-14(3-12-23(25)26-2)17-8-9-22-19(17)10-11-20-18-7-5-16(24)13-15(18)4-6-21(20)22/h14-22,24H,3-13H2,1-2H3. The summed E-state index contributed by atoms with van der Waals surface area (Å²) in [5, 5.41) is 10.1. The Balaban J connectivity index is 1.38. The number of esters is 1. The highest BCUT2D eigenvalue weighted by Gasteiger charge is 2.52. The van der Waals surface area contributed by atoms with E-state index in [1.807, 2.05) is 0 Å². The third kappa shape index (κ3) is 3.45. The van der Waals surface area contributed by atoms with Crippen LogP contribution in [0.2, 0.25) is 0 Å². The van der Waals surface area contributed by atoms with Gasteiger partial charge in [-0.05, 0) is 112 Å². The molecule has 4 saturated carbocycles. The van der Waals surface area contributed by atoms with Gasteiger partial charge >= 0.3 is 5.97 Å². The van der Waals surface area contributed by atoms with Gasteiger partial charge in [0.25, 0.3) is 0 Å². The molecule has 1 N–H and O–H groups in total. The predicted molar refractivity (Wildman–Crippen MR) is 102 cm³/mol. The van der Waals surface area contributed by atoms with Crippen molar-refractivity contribution >= 4 is 5.97 Å². The molecule has 9 unspecified atom stereocenters. The van der Waals surface area contributed by atoms with E-state index in [2.05, 4.69) is 6.92 Å². The molecule has 4 rings (SSSR count). The van der Waals surface area contributed by atoms with Crippen LogP contribution in [-0.2, 0) is 9.53 Å². The first-order valence-electron chi connectivity index (χ1n) is 11.3. The van der Waals surface area contributed by atoms with Gasteiger partial charge < -0.3 is 9.84 Å². The van der Waals surface area contributed by atoms with Gasteiger partial charge in [-0.25, -0.2) is 0 Å². The summed E-state index contributed by atoms with van der Waals surface area (Å²) in [6.07, 6.45) is 13.4. The first kappa shape index (κ1) is 18.8. The quantitative estimate of drug-likeness (QED) is 0.730. The lowest BCUT2D eigenvalue weighted by molar-refractivity contribution is -0.141. The van der Waals surface area contributed by atoms with Crippen LogP contribution in [0, 0.1) is 47.3 Å². The Labute approximate surface area is 159 Å². The Morgan fingerprint density at radius 3 is 2.35 bits per heavy atom. The first-order valence-corrected chi connectivity index (χ1v) is 11.3. The van der Waals surface area contributed by atoms with Crippen LogP contribution in [0.25, 0.3) is 0 Å². The fourth-order valence-electron chi connectivity index (χ4n) is 7.90. The van der Waals surface area contributed by atoms with Gasteiger partial charge in [0.1, 0.15) is 0 Å². The molecule has 0 aromatic carbocycles. The Bertz CT molecular complexity index is 504. The number of hydrogen-bond acceptors (Lipinski definition) is 3. The summed E-state index contributed by atoms with van der Waals surface area (Å²) >= 11 is 0. The van der Waals surface area contributed by atoms with Crippen LogP contribution in [0.3, 0.4) is 0 Å². The first-order chi connectivity index (χ1) is 12.6. The molecule has 3 heteroatoms. The molecule has 148 valence electrons. The van der Waals surface area contributed by atoms with Crippen molar-refractivity contribution in [3.05, 3.63) is 0 Å². The molecule has 0 aromatic heterocycles. The summed E-state index contributed by atoms with van der Waals surface area (Å²) in [7, 11) is 1.50. The number of rotatable bonds is 4. The lowest BCUT2D eigenvalue weighted by Crippen LogP contribution is -2.46. The van der Waals surface area contributed by atoms with Crippen molar-refractivity contribution in [1.29, 1.82) is 0 Å². The van der Waals surface area contributed by atoms with E-state index in [-0.39, 0.29) is 12.1 Å². The normalized spacial score (nSPS) is 46.0. The van der Waals surface area contributed by atoms with E-state index in [0.29, 0.717) is 12.3 Å². The highest BCUT2D eigenvalue weighted by Crippen LogP contribution is 2.60. The van der Waals surface area contributed by atoms with Gasteiger partial charge in [-0.3, -0.25) is 4.79 Å². The van der Waals surface area contributed by atoms with Crippen LogP contribution < -0.4 is 0 Å². The van der Waals surface area contributed by atoms with E-state index >= 15 is 0 Å². The number of carbonyl (C=O) groups excluding carboxylic acids is 1. The van der Waals surface area contributed by atoms with Crippen LogP contribution >= 0.6 is 0 Å². The minimum absolute atomic E-state index is 0.0179. The van der Waals surface area contributed by atoms with E-state index in [1.54, 1.807) is 0 Å². The Hall–Kier alpha value is -0.570. The molecule has 4 fully saturated rings. The summed E-state index contributed by atoms with van der Waals surface area (Å²) in [5.41, 5.74) is 0. The summed E-state index contributed by atoms with van der Waals surface area (Å²) in [6, 6.07) is 0. The van der Waals surface area contributed by atoms with Crippen molar-refractivity contribution < 1.29 is 14.6 Å². The molecule has 4 aliphatic carbocycles. The maximum Gasteiger partial charge on any atom is 0.305 e. The van der Waals surface area contributed by atoms with Crippen molar-refractivity contribution in [2.75, 3.05) is 7.11 Å². The smallest absolute Gasteiger partial charge is 0.305 e. The fraction of sp³-hybridized carbons (Fsp3) is 0.957. The second-order valence-electron chi connectivity index (χ2n) is 10.0. The van der Waals surface area contributed by atoms with Crippen LogP contribution in [0.5, 0.6) is 0 Å². The number of carbonyl (C=O) groups is 1. The van der Waals surface area contributed by atoms with Crippen molar-refractivity contribution in [2.24, 2.45) is 47.3 Å². The topological polar surface area (TPSA) is 46.5 Å². The molecule has 0 bridgehead atoms. The average molecular weight is 363 g/mol. The maximum atomic E-state index is 11.5. The SMILES string of the molecule is COC(=O)CCC(C)C1CCC2C1CCC1C3CCC(O)CC3CCC12. The molecule has 0 heterocycles. The van der Waals surface area contributed by atoms with Crippen molar-refractivity contribution in [3.8, 4) is 0 Å². The number of methoxy groups -OCH3 is 1. The molecule has 0 aliphatic heterocycles. The molecular formula is C23H38O3. The van der Waals surface area contributed by atoms with Gasteiger partial charge in [-0.1, -0.05) is 6.92 Å². The molecule has 0 saturated heterocycles. The van der Waals surface area contributed by atoms with Gasteiger partial charge in [0.15, 0.2) is 0 Å². The van der Waals surface area contributed by atoms with Crippen LogP contribution in [-0.4, -0.2) is 24.3 Å². The second-order valence-corrected chi connectivity index (χ2v) is 10.0. The van der Waals surface area contributed by atoms with E-state index in [4.69, 9.17) is 4.74 Å². The molecular weight excluding hydrogens is 324 g/mol. The predicted octanol–water partition coefficient (Wildman–Crippen LogP) is 4.82. The molecule has 3 nitrogen and oxygen atoms in total. The molecule has 0 aromatic rings. The van der Waals surface area contributed by atoms with Crippen molar-refractivity contribution in [1.82, 2.24) is 0 Å². The number of aliphatic hydroxyl groups is 1. The van der Waals surface area contributed by atoms with Gasteiger partial charge in [0, 0.05) is 6.42 Å². The second kappa shape index (κ2) is 7.81. The van der Waals surface area contributed by atoms with Gasteiger partial charge in [-0.15, -0.1) is 0 Å². The Morgan fingerprint density at radius 2 is 1.54 bits per heavy atom. The molecule has 0 amide bonds. The van der Waals surface area contributed by atoms with Crippen molar-refractivity contribution in [3.63, 3.8) is 0 Å². The van der Waals surface area contributed by atoms with Gasteiger partial charge in [-0.2, -0.15) is 0 Å². The highest BCUT2D eigenvalue weighted by atomic mass is 16.5. The van der Waals surface area contributed by atoms with E-state index < -0.39 is 0 Å². The Kier molecular flexibility index (Phi) is 5.64. The zero-order chi connectivity index (χ0) is 18.3. The zero-order valence-corrected chi connectivity index (χ0v) is 16.7. The molecule has 0 spiro atoms. The summed E-state index contributed by atoms with van der Waals surface area (Å²) in [6.45, 7) is 2.38. The monoisotopic (exact) mass is 362 g/mol. The van der Waals surface area contributed by atoms with E-state index in [9.17, 15) is 9.90 Å². The van der Waals surface area contributed by atoms with Crippen molar-refractivity contribution in [2.45, 2.75) is 83.7 Å². The van der Waals surface area contributed by atoms with Gasteiger partial charge in [0.2, 0.25) is 0 Å². The molecule has 26 heavy (non-hydrogen) atoms. The number of hydrogen-bond donors (Lipinski definition) is 1. The summed E-state index contributed by atoms with van der Waals surface area (Å²) < 4.78 is 4.84. The van der Waals surface area contributed by atoms with Crippen LogP contribution in [0.15, 0.2) is 0 Å². The van der Waals surface area contributed by atoms with E-state index in [0.717, 1.165) is 60.7 Å². The van der Waals surface area contributed by atoms with Crippen LogP contribution in [0.4, 0.5) is 0 Å². The maximum absolute atomic E-state index is 11.5. The lowest BCUT2D eigenvalue weighted by Gasteiger charge is -2.53. The summed E-state index contributed by atoms with van der Waals surface area (Å²) in [4.78, 5) is 11.5. The lowest BCUT2D eigenvalue weighted by atomic mass is 9.53. The third-order valence-electron chi connectivity index (χ3n) is 9.06. The third-order valence-corrected chi connectivity index (χ3v) is 9.06. The highest BCUT2D eigenvalue weighted by molar-refractivity contribution is 5.69. The van der Waals surface area contributed by atoms with Gasteiger partial charge in [0.05, 0.1) is 13.2 Å². The minimum atomic E-state index is -0.0482. The van der Waals surface area contributed by atoms with E-state index in [1.165, 1.54) is 52.1 Å². The molecule has 0 radical (unpaired) electrons. The zero-order valence-electron chi connectivity index (χ0n) is 16.7. The fourth-order valence-corrected chi connectivity index (χ4v) is 7.90. The average Bonchev–Trinajstić information content (AvgIpc) is 3.09. The largest absolute Gasteiger partial charge is 0.469 e. The van der Waals surface area contributed by atoms with Crippen LogP contribution in [0.1, 0.15) is 77.6 Å². The Morgan fingerprint density at radius 1 is 0.923 bits per heavy atom. The number of aliphatic hydroxyl groups excluding tert-OH is 1. The summed E-state index contributed by atoms with van der Waals surface area (Å²) in [5.74, 6) is 6.93. The minimum Gasteiger partial charge on any atom is -0.469 e.